The first-order chi connectivity index (χ1) is 7.35. The molecule has 0 spiro atoms. The van der Waals surface area contributed by atoms with Gasteiger partial charge in [-0.05, 0) is 19.1 Å². The van der Waals surface area contributed by atoms with Gasteiger partial charge in [-0.15, -0.1) is 0 Å². The third-order valence-electron chi connectivity index (χ3n) is 1.89. The van der Waals surface area contributed by atoms with Gasteiger partial charge in [-0.25, -0.2) is 17.9 Å². The van der Waals surface area contributed by atoms with Crippen molar-refractivity contribution < 1.29 is 17.5 Å². The maximum absolute atomic E-state index is 13.7. The molecule has 90 valence electrons. The highest BCUT2D eigenvalue weighted by Gasteiger charge is 2.17. The molecule has 5 nitrogen and oxygen atoms in total. The van der Waals surface area contributed by atoms with E-state index in [-0.39, 0.29) is 23.6 Å². The van der Waals surface area contributed by atoms with Gasteiger partial charge in [0, 0.05) is 11.3 Å². The first-order valence-electron chi connectivity index (χ1n) is 4.55. The molecule has 0 aliphatic carbocycles. The van der Waals surface area contributed by atoms with E-state index in [2.05, 4.69) is 0 Å². The summed E-state index contributed by atoms with van der Waals surface area (Å²) in [6.07, 6.45) is 0. The third kappa shape index (κ3) is 3.07. The van der Waals surface area contributed by atoms with Gasteiger partial charge >= 0.3 is 0 Å². The molecular weight excluding hydrogens is 235 g/mol. The Hall–Kier alpha value is -1.34. The van der Waals surface area contributed by atoms with Crippen LogP contribution < -0.4 is 15.6 Å². The van der Waals surface area contributed by atoms with Crippen molar-refractivity contribution >= 4 is 15.7 Å². The molecule has 0 heterocycles. The van der Waals surface area contributed by atoms with Crippen LogP contribution in [0.4, 0.5) is 10.1 Å². The molecule has 7 heteroatoms. The highest BCUT2D eigenvalue weighted by atomic mass is 32.2. The summed E-state index contributed by atoms with van der Waals surface area (Å²) in [6, 6.07) is 2.73. The van der Waals surface area contributed by atoms with E-state index in [0.29, 0.717) is 0 Å². The zero-order valence-corrected chi connectivity index (χ0v) is 9.55. The predicted octanol–water partition coefficient (Wildman–Crippen LogP) is 0.595. The quantitative estimate of drug-likeness (QED) is 0.762. The molecule has 0 amide bonds. The van der Waals surface area contributed by atoms with Gasteiger partial charge in [0.1, 0.15) is 0 Å². The van der Waals surface area contributed by atoms with Crippen LogP contribution in [-0.2, 0) is 15.8 Å². The average Bonchev–Trinajstić information content (AvgIpc) is 2.16. The molecule has 0 radical (unpaired) electrons. The van der Waals surface area contributed by atoms with Crippen LogP contribution >= 0.6 is 0 Å². The van der Waals surface area contributed by atoms with Crippen molar-refractivity contribution in [1.29, 1.82) is 0 Å². The fraction of sp³-hybridized carbons (Fsp3) is 0.333. The number of rotatable bonds is 4. The Bertz CT molecular complexity index is 488. The molecule has 0 saturated carbocycles. The summed E-state index contributed by atoms with van der Waals surface area (Å²) in [5.41, 5.74) is 5.36. The first kappa shape index (κ1) is 12.7. The number of nitrogens with two attached hydrogens (primary N) is 2. The summed E-state index contributed by atoms with van der Waals surface area (Å²) in [6.45, 7) is 1.96. The minimum absolute atomic E-state index is 0.0321. The van der Waals surface area contributed by atoms with Crippen LogP contribution in [-0.4, -0.2) is 15.0 Å². The second-order valence-corrected chi connectivity index (χ2v) is 4.80. The van der Waals surface area contributed by atoms with Gasteiger partial charge in [-0.1, -0.05) is 0 Å². The van der Waals surface area contributed by atoms with E-state index in [0.717, 1.165) is 0 Å². The molecule has 0 fully saturated rings. The molecule has 16 heavy (non-hydrogen) atoms. The minimum Gasteiger partial charge on any atom is -0.491 e. The predicted molar refractivity (Wildman–Crippen MR) is 58.8 cm³/mol. The van der Waals surface area contributed by atoms with Gasteiger partial charge < -0.3 is 10.5 Å². The van der Waals surface area contributed by atoms with E-state index in [4.69, 9.17) is 15.6 Å². The summed E-state index contributed by atoms with van der Waals surface area (Å²) < 4.78 is 40.5. The lowest BCUT2D eigenvalue weighted by molar-refractivity contribution is 0.320. The lowest BCUT2D eigenvalue weighted by atomic mass is 10.2. The van der Waals surface area contributed by atoms with E-state index < -0.39 is 21.6 Å². The summed E-state index contributed by atoms with van der Waals surface area (Å²) in [4.78, 5) is 0. The maximum Gasteiger partial charge on any atom is 0.213 e. The van der Waals surface area contributed by atoms with Crippen LogP contribution in [0.2, 0.25) is 0 Å². The SMILES string of the molecule is CCOc1ccc(N)c(CS(N)(=O)=O)c1F. The molecule has 0 aliphatic rings. The van der Waals surface area contributed by atoms with Gasteiger partial charge in [0.05, 0.1) is 12.4 Å². The van der Waals surface area contributed by atoms with Crippen molar-refractivity contribution in [3.05, 3.63) is 23.5 Å². The highest BCUT2D eigenvalue weighted by molar-refractivity contribution is 7.88. The number of hydrogen-bond donors (Lipinski definition) is 2. The van der Waals surface area contributed by atoms with E-state index in [1.807, 2.05) is 0 Å². The van der Waals surface area contributed by atoms with E-state index >= 15 is 0 Å². The number of halogens is 1. The zero-order chi connectivity index (χ0) is 12.3. The summed E-state index contributed by atoms with van der Waals surface area (Å²) >= 11 is 0. The van der Waals surface area contributed by atoms with Gasteiger partial charge in [-0.2, -0.15) is 0 Å². The van der Waals surface area contributed by atoms with Gasteiger partial charge in [0.15, 0.2) is 11.6 Å². The largest absolute Gasteiger partial charge is 0.491 e. The number of benzene rings is 1. The van der Waals surface area contributed by atoms with Gasteiger partial charge in [-0.3, -0.25) is 0 Å². The first-order valence-corrected chi connectivity index (χ1v) is 6.26. The molecule has 0 bridgehead atoms. The van der Waals surface area contributed by atoms with Crippen molar-refractivity contribution in [3.8, 4) is 5.75 Å². The Kier molecular flexibility index (Phi) is 3.71. The average molecular weight is 248 g/mol. The monoisotopic (exact) mass is 248 g/mol. The number of sulfonamides is 1. The third-order valence-corrected chi connectivity index (χ3v) is 2.58. The fourth-order valence-electron chi connectivity index (χ4n) is 1.23. The number of primary sulfonamides is 1. The summed E-state index contributed by atoms with van der Waals surface area (Å²) in [5, 5.41) is 4.84. The number of hydrogen-bond acceptors (Lipinski definition) is 4. The number of anilines is 1. The number of nitrogen functional groups attached to an aromatic ring is 1. The van der Waals surface area contributed by atoms with Crippen LogP contribution in [0.5, 0.6) is 5.75 Å². The molecule has 0 unspecified atom stereocenters. The van der Waals surface area contributed by atoms with Crippen LogP contribution in [0.15, 0.2) is 12.1 Å². The van der Waals surface area contributed by atoms with Crippen molar-refractivity contribution in [2.24, 2.45) is 5.14 Å². The standard InChI is InChI=1S/C9H13FN2O3S/c1-2-15-8-4-3-7(11)6(9(8)10)5-16(12,13)14/h3-4H,2,5,11H2,1H3,(H2,12,13,14). The Morgan fingerprint density at radius 3 is 2.56 bits per heavy atom. The Morgan fingerprint density at radius 2 is 2.06 bits per heavy atom. The topological polar surface area (TPSA) is 95.4 Å². The lowest BCUT2D eigenvalue weighted by Crippen LogP contribution is -2.17. The normalized spacial score (nSPS) is 11.4. The van der Waals surface area contributed by atoms with Crippen LogP contribution in [0.3, 0.4) is 0 Å². The highest BCUT2D eigenvalue weighted by Crippen LogP contribution is 2.26. The smallest absolute Gasteiger partial charge is 0.213 e. The Morgan fingerprint density at radius 1 is 1.44 bits per heavy atom. The molecule has 4 N–H and O–H groups in total. The van der Waals surface area contributed by atoms with E-state index in [1.54, 1.807) is 6.92 Å². The molecule has 1 aromatic carbocycles. The van der Waals surface area contributed by atoms with Crippen LogP contribution in [0.25, 0.3) is 0 Å². The second kappa shape index (κ2) is 4.67. The summed E-state index contributed by atoms with van der Waals surface area (Å²) in [7, 11) is -3.83. The zero-order valence-electron chi connectivity index (χ0n) is 8.73. The van der Waals surface area contributed by atoms with E-state index in [1.165, 1.54) is 12.1 Å². The number of ether oxygens (including phenoxy) is 1. The minimum atomic E-state index is -3.83. The molecule has 0 aliphatic heterocycles. The summed E-state index contributed by atoms with van der Waals surface area (Å²) in [5.74, 6) is -1.46. The van der Waals surface area contributed by atoms with E-state index in [9.17, 15) is 12.8 Å². The second-order valence-electron chi connectivity index (χ2n) is 3.19. The van der Waals surface area contributed by atoms with Gasteiger partial charge in [0.2, 0.25) is 10.0 Å². The van der Waals surface area contributed by atoms with Crippen molar-refractivity contribution in [1.82, 2.24) is 0 Å². The maximum atomic E-state index is 13.7. The Labute approximate surface area is 93.2 Å². The molecule has 0 atom stereocenters. The van der Waals surface area contributed by atoms with Crippen molar-refractivity contribution in [2.75, 3.05) is 12.3 Å². The fourth-order valence-corrected chi connectivity index (χ4v) is 1.93. The molecule has 1 aromatic rings. The van der Waals surface area contributed by atoms with Crippen LogP contribution in [0, 0.1) is 5.82 Å². The van der Waals surface area contributed by atoms with Gasteiger partial charge in [0.25, 0.3) is 0 Å². The van der Waals surface area contributed by atoms with Crippen LogP contribution in [0.1, 0.15) is 12.5 Å². The Balaban J connectivity index is 3.21. The molecular formula is C9H13FN2O3S. The van der Waals surface area contributed by atoms with Crippen molar-refractivity contribution in [3.63, 3.8) is 0 Å². The molecule has 0 saturated heterocycles. The molecule has 0 aromatic heterocycles. The molecule has 1 rings (SSSR count). The lowest BCUT2D eigenvalue weighted by Gasteiger charge is -2.10. The van der Waals surface area contributed by atoms with Crippen molar-refractivity contribution in [2.45, 2.75) is 12.7 Å².